The molecule has 4 heteroatoms. The van der Waals surface area contributed by atoms with Gasteiger partial charge in [-0.05, 0) is 23.8 Å². The van der Waals surface area contributed by atoms with Crippen LogP contribution in [0.5, 0.6) is 0 Å². The fourth-order valence-corrected chi connectivity index (χ4v) is 2.17. The third kappa shape index (κ3) is 4.68. The first-order valence-corrected chi connectivity index (χ1v) is 7.19. The molecule has 0 saturated heterocycles. The molecule has 2 rings (SSSR count). The second-order valence-corrected chi connectivity index (χ2v) is 5.20. The summed E-state index contributed by atoms with van der Waals surface area (Å²) in [7, 11) is 0. The SMILES string of the molecule is OCC#Cc1ccc(COCc2ccccc2Br)c(F)c1. The van der Waals surface area contributed by atoms with Crippen LogP contribution in [0.25, 0.3) is 0 Å². The zero-order chi connectivity index (χ0) is 15.1. The molecule has 2 nitrogen and oxygen atoms in total. The number of halogens is 2. The average molecular weight is 349 g/mol. The molecule has 0 aromatic heterocycles. The van der Waals surface area contributed by atoms with Crippen molar-refractivity contribution in [1.82, 2.24) is 0 Å². The molecule has 0 atom stereocenters. The second-order valence-electron chi connectivity index (χ2n) is 4.35. The largest absolute Gasteiger partial charge is 0.384 e. The van der Waals surface area contributed by atoms with Gasteiger partial charge in [0.1, 0.15) is 12.4 Å². The first-order valence-electron chi connectivity index (χ1n) is 6.40. The molecule has 0 unspecified atom stereocenters. The Morgan fingerprint density at radius 3 is 2.57 bits per heavy atom. The third-order valence-electron chi connectivity index (χ3n) is 2.84. The van der Waals surface area contributed by atoms with Gasteiger partial charge in [-0.25, -0.2) is 4.39 Å². The van der Waals surface area contributed by atoms with Crippen LogP contribution in [-0.2, 0) is 18.0 Å². The molecule has 0 fully saturated rings. The molecule has 0 aliphatic carbocycles. The van der Waals surface area contributed by atoms with E-state index in [2.05, 4.69) is 27.8 Å². The third-order valence-corrected chi connectivity index (χ3v) is 3.61. The van der Waals surface area contributed by atoms with Crippen LogP contribution in [0.2, 0.25) is 0 Å². The molecule has 0 heterocycles. The molecule has 0 bridgehead atoms. The van der Waals surface area contributed by atoms with Crippen molar-refractivity contribution in [2.45, 2.75) is 13.2 Å². The van der Waals surface area contributed by atoms with Gasteiger partial charge in [0.05, 0.1) is 13.2 Å². The molecule has 21 heavy (non-hydrogen) atoms. The summed E-state index contributed by atoms with van der Waals surface area (Å²) in [6.45, 7) is 0.367. The van der Waals surface area contributed by atoms with Gasteiger partial charge in [-0.1, -0.05) is 52.0 Å². The number of aliphatic hydroxyl groups excluding tert-OH is 1. The number of hydrogen-bond acceptors (Lipinski definition) is 2. The molecule has 1 N–H and O–H groups in total. The maximum atomic E-state index is 13.9. The zero-order valence-corrected chi connectivity index (χ0v) is 12.9. The van der Waals surface area contributed by atoms with E-state index in [-0.39, 0.29) is 19.0 Å². The monoisotopic (exact) mass is 348 g/mol. The highest BCUT2D eigenvalue weighted by Gasteiger charge is 2.04. The minimum Gasteiger partial charge on any atom is -0.384 e. The van der Waals surface area contributed by atoms with Crippen molar-refractivity contribution in [3.8, 4) is 11.8 Å². The Morgan fingerprint density at radius 2 is 1.86 bits per heavy atom. The summed E-state index contributed by atoms with van der Waals surface area (Å²) in [4.78, 5) is 0. The zero-order valence-electron chi connectivity index (χ0n) is 11.3. The summed E-state index contributed by atoms with van der Waals surface area (Å²) in [6.07, 6.45) is 0. The van der Waals surface area contributed by atoms with Crippen LogP contribution < -0.4 is 0 Å². The molecule has 0 radical (unpaired) electrons. The van der Waals surface area contributed by atoms with Gasteiger partial charge in [-0.15, -0.1) is 0 Å². The number of rotatable bonds is 4. The Kier molecular flexibility index (Phi) is 5.94. The molecule has 0 aliphatic rings. The van der Waals surface area contributed by atoms with Crippen molar-refractivity contribution in [3.05, 3.63) is 69.4 Å². The molecular weight excluding hydrogens is 335 g/mol. The van der Waals surface area contributed by atoms with Gasteiger partial charge in [0.25, 0.3) is 0 Å². The van der Waals surface area contributed by atoms with E-state index in [1.165, 1.54) is 6.07 Å². The molecule has 2 aromatic carbocycles. The number of hydrogen-bond donors (Lipinski definition) is 1. The van der Waals surface area contributed by atoms with Gasteiger partial charge in [0, 0.05) is 15.6 Å². The highest BCUT2D eigenvalue weighted by molar-refractivity contribution is 9.10. The molecule has 0 aliphatic heterocycles. The van der Waals surface area contributed by atoms with E-state index in [1.54, 1.807) is 12.1 Å². The van der Waals surface area contributed by atoms with Gasteiger partial charge < -0.3 is 9.84 Å². The van der Waals surface area contributed by atoms with E-state index < -0.39 is 0 Å². The second kappa shape index (κ2) is 7.94. The normalized spacial score (nSPS) is 10.0. The number of aliphatic hydroxyl groups is 1. The van der Waals surface area contributed by atoms with Crippen molar-refractivity contribution in [3.63, 3.8) is 0 Å². The lowest BCUT2D eigenvalue weighted by atomic mass is 10.1. The Morgan fingerprint density at radius 1 is 1.10 bits per heavy atom. The fraction of sp³-hybridized carbons (Fsp3) is 0.176. The fourth-order valence-electron chi connectivity index (χ4n) is 1.77. The van der Waals surface area contributed by atoms with Crippen LogP contribution in [0.4, 0.5) is 4.39 Å². The Labute approximate surface area is 131 Å². The van der Waals surface area contributed by atoms with Crippen LogP contribution in [-0.4, -0.2) is 11.7 Å². The lowest BCUT2D eigenvalue weighted by Crippen LogP contribution is -1.98. The van der Waals surface area contributed by atoms with E-state index in [9.17, 15) is 4.39 Å². The summed E-state index contributed by atoms with van der Waals surface area (Å²) in [5.74, 6) is 4.79. The standard InChI is InChI=1S/C17H14BrFO2/c18-16-6-2-1-5-14(16)11-21-12-15-8-7-13(4-3-9-20)10-17(15)19/h1-2,5-8,10,20H,9,11-12H2. The van der Waals surface area contributed by atoms with Crippen LogP contribution >= 0.6 is 15.9 Å². The van der Waals surface area contributed by atoms with Crippen LogP contribution in [0.1, 0.15) is 16.7 Å². The minimum absolute atomic E-state index is 0.195. The van der Waals surface area contributed by atoms with Gasteiger partial charge >= 0.3 is 0 Å². The lowest BCUT2D eigenvalue weighted by molar-refractivity contribution is 0.104. The Balaban J connectivity index is 1.96. The summed E-state index contributed by atoms with van der Waals surface area (Å²) in [5, 5.41) is 8.61. The van der Waals surface area contributed by atoms with E-state index in [4.69, 9.17) is 9.84 Å². The van der Waals surface area contributed by atoms with E-state index >= 15 is 0 Å². The number of benzene rings is 2. The van der Waals surface area contributed by atoms with Crippen LogP contribution in [0.3, 0.4) is 0 Å². The highest BCUT2D eigenvalue weighted by atomic mass is 79.9. The van der Waals surface area contributed by atoms with Gasteiger partial charge in [0.2, 0.25) is 0 Å². The predicted molar refractivity (Wildman–Crippen MR) is 83.0 cm³/mol. The summed E-state index contributed by atoms with van der Waals surface area (Å²) < 4.78 is 20.4. The molecule has 0 spiro atoms. The van der Waals surface area contributed by atoms with E-state index in [0.29, 0.717) is 17.7 Å². The molecule has 0 saturated carbocycles. The molecular formula is C17H14BrFO2. The van der Waals surface area contributed by atoms with Gasteiger partial charge in [0.15, 0.2) is 0 Å². The number of ether oxygens (including phenoxy) is 1. The molecule has 0 amide bonds. The Hall–Kier alpha value is -1.67. The maximum Gasteiger partial charge on any atom is 0.129 e. The minimum atomic E-state index is -0.355. The maximum absolute atomic E-state index is 13.9. The average Bonchev–Trinajstić information content (AvgIpc) is 2.49. The summed E-state index contributed by atoms with van der Waals surface area (Å²) in [6, 6.07) is 12.5. The topological polar surface area (TPSA) is 29.5 Å². The highest BCUT2D eigenvalue weighted by Crippen LogP contribution is 2.18. The van der Waals surface area contributed by atoms with E-state index in [0.717, 1.165) is 10.0 Å². The van der Waals surface area contributed by atoms with Crippen molar-refractivity contribution >= 4 is 15.9 Å². The first-order chi connectivity index (χ1) is 10.2. The van der Waals surface area contributed by atoms with Crippen molar-refractivity contribution in [1.29, 1.82) is 0 Å². The first kappa shape index (κ1) is 15.7. The van der Waals surface area contributed by atoms with Crippen molar-refractivity contribution in [2.75, 3.05) is 6.61 Å². The lowest BCUT2D eigenvalue weighted by Gasteiger charge is -2.07. The van der Waals surface area contributed by atoms with Crippen LogP contribution in [0, 0.1) is 17.7 Å². The summed E-state index contributed by atoms with van der Waals surface area (Å²) in [5.41, 5.74) is 2.04. The quantitative estimate of drug-likeness (QED) is 0.854. The van der Waals surface area contributed by atoms with Crippen LogP contribution in [0.15, 0.2) is 46.9 Å². The molecule has 2 aromatic rings. The van der Waals surface area contributed by atoms with E-state index in [1.807, 2.05) is 24.3 Å². The van der Waals surface area contributed by atoms with Crippen molar-refractivity contribution < 1.29 is 14.2 Å². The van der Waals surface area contributed by atoms with Gasteiger partial charge in [-0.3, -0.25) is 0 Å². The van der Waals surface area contributed by atoms with Gasteiger partial charge in [-0.2, -0.15) is 0 Å². The Bertz CT molecular complexity index is 674. The van der Waals surface area contributed by atoms with Crippen molar-refractivity contribution in [2.24, 2.45) is 0 Å². The predicted octanol–water partition coefficient (Wildman–Crippen LogP) is 3.65. The molecule has 108 valence electrons. The smallest absolute Gasteiger partial charge is 0.129 e. The summed E-state index contributed by atoms with van der Waals surface area (Å²) >= 11 is 3.44.